The minimum atomic E-state index is -0.0592. The maximum absolute atomic E-state index is 11.6. The molecule has 0 saturated carbocycles. The second-order valence-electron chi connectivity index (χ2n) is 5.32. The Hall–Kier alpha value is -2.04. The second-order valence-corrected chi connectivity index (χ2v) is 5.75. The summed E-state index contributed by atoms with van der Waals surface area (Å²) in [7, 11) is 0. The summed E-state index contributed by atoms with van der Waals surface area (Å²) < 4.78 is 5.74. The third kappa shape index (κ3) is 5.58. The van der Waals surface area contributed by atoms with Gasteiger partial charge < -0.3 is 15.8 Å². The van der Waals surface area contributed by atoms with Gasteiger partial charge in [-0.1, -0.05) is 35.9 Å². The van der Waals surface area contributed by atoms with Crippen LogP contribution in [0.3, 0.4) is 0 Å². The molecule has 122 valence electrons. The van der Waals surface area contributed by atoms with E-state index in [-0.39, 0.29) is 11.9 Å². The van der Waals surface area contributed by atoms with E-state index in [1.54, 1.807) is 0 Å². The molecule has 0 aliphatic carbocycles. The van der Waals surface area contributed by atoms with Gasteiger partial charge in [-0.15, -0.1) is 0 Å². The number of halogens is 1. The van der Waals surface area contributed by atoms with Crippen LogP contribution in [-0.2, 0) is 11.4 Å². The molecule has 0 bridgehead atoms. The number of carbonyl (C=O) groups excluding carboxylic acids is 1. The van der Waals surface area contributed by atoms with Crippen LogP contribution >= 0.6 is 11.6 Å². The van der Waals surface area contributed by atoms with Gasteiger partial charge in [-0.3, -0.25) is 4.79 Å². The van der Waals surface area contributed by atoms with E-state index in [4.69, 9.17) is 22.1 Å². The van der Waals surface area contributed by atoms with Crippen molar-refractivity contribution in [2.24, 2.45) is 5.73 Å². The van der Waals surface area contributed by atoms with Gasteiger partial charge in [0.1, 0.15) is 12.4 Å². The van der Waals surface area contributed by atoms with Crippen LogP contribution in [0.15, 0.2) is 48.5 Å². The Morgan fingerprint density at radius 3 is 2.65 bits per heavy atom. The van der Waals surface area contributed by atoms with Gasteiger partial charge >= 0.3 is 0 Å². The molecule has 0 aliphatic rings. The Morgan fingerprint density at radius 1 is 1.26 bits per heavy atom. The number of amides is 1. The van der Waals surface area contributed by atoms with Crippen molar-refractivity contribution < 1.29 is 9.53 Å². The molecule has 0 fully saturated rings. The maximum Gasteiger partial charge on any atom is 0.221 e. The van der Waals surface area contributed by atoms with Crippen molar-refractivity contribution in [3.63, 3.8) is 0 Å². The first-order valence-corrected chi connectivity index (χ1v) is 7.93. The Balaban J connectivity index is 1.90. The first-order valence-electron chi connectivity index (χ1n) is 7.55. The summed E-state index contributed by atoms with van der Waals surface area (Å²) in [6.07, 6.45) is 0.338. The second kappa shape index (κ2) is 8.56. The number of ether oxygens (including phenoxy) is 1. The standard InChI is InChI=1S/C18H21ClN2O2/c1-13(21-18(22)9-10-20)15-5-7-17(8-6-15)23-12-14-3-2-4-16(19)11-14/h2-8,11,13H,9-10,12,20H2,1H3,(H,21,22). The Bertz CT molecular complexity index is 644. The van der Waals surface area contributed by atoms with E-state index in [9.17, 15) is 4.79 Å². The van der Waals surface area contributed by atoms with E-state index in [1.807, 2.05) is 55.5 Å². The zero-order valence-electron chi connectivity index (χ0n) is 13.1. The van der Waals surface area contributed by atoms with Crippen molar-refractivity contribution in [2.75, 3.05) is 6.54 Å². The lowest BCUT2D eigenvalue weighted by molar-refractivity contribution is -0.121. The van der Waals surface area contributed by atoms with E-state index < -0.39 is 0 Å². The summed E-state index contributed by atoms with van der Waals surface area (Å²) in [5.74, 6) is 0.732. The zero-order chi connectivity index (χ0) is 16.7. The van der Waals surface area contributed by atoms with Crippen LogP contribution < -0.4 is 15.8 Å². The lowest BCUT2D eigenvalue weighted by atomic mass is 10.1. The van der Waals surface area contributed by atoms with Crippen LogP contribution in [0.4, 0.5) is 0 Å². The molecule has 0 radical (unpaired) electrons. The first-order chi connectivity index (χ1) is 11.1. The van der Waals surface area contributed by atoms with Gasteiger partial charge in [0.05, 0.1) is 6.04 Å². The molecule has 2 aromatic carbocycles. The van der Waals surface area contributed by atoms with Gasteiger partial charge in [0.2, 0.25) is 5.91 Å². The fourth-order valence-corrected chi connectivity index (χ4v) is 2.39. The number of nitrogens with one attached hydrogen (secondary N) is 1. The summed E-state index contributed by atoms with van der Waals surface area (Å²) >= 11 is 5.95. The van der Waals surface area contributed by atoms with Crippen molar-refractivity contribution in [3.8, 4) is 5.75 Å². The lowest BCUT2D eigenvalue weighted by Gasteiger charge is -2.15. The SMILES string of the molecule is CC(NC(=O)CCN)c1ccc(OCc2cccc(Cl)c2)cc1. The quantitative estimate of drug-likeness (QED) is 0.816. The van der Waals surface area contributed by atoms with Gasteiger partial charge in [0, 0.05) is 18.0 Å². The molecule has 0 aliphatic heterocycles. The summed E-state index contributed by atoms with van der Waals surface area (Å²) in [5, 5.41) is 3.60. The van der Waals surface area contributed by atoms with Crippen LogP contribution in [0.5, 0.6) is 5.75 Å². The van der Waals surface area contributed by atoms with E-state index in [1.165, 1.54) is 0 Å². The number of nitrogens with two attached hydrogens (primary N) is 1. The van der Waals surface area contributed by atoms with Crippen LogP contribution in [0.2, 0.25) is 5.02 Å². The predicted octanol–water partition coefficient (Wildman–Crippen LogP) is 3.45. The molecule has 1 unspecified atom stereocenters. The van der Waals surface area contributed by atoms with Gasteiger partial charge in [0.15, 0.2) is 0 Å². The summed E-state index contributed by atoms with van der Waals surface area (Å²) in [5.41, 5.74) is 7.41. The van der Waals surface area contributed by atoms with Crippen LogP contribution in [-0.4, -0.2) is 12.5 Å². The first kappa shape index (κ1) is 17.3. The van der Waals surface area contributed by atoms with Crippen molar-refractivity contribution in [1.29, 1.82) is 0 Å². The lowest BCUT2D eigenvalue weighted by Crippen LogP contribution is -2.28. The minimum absolute atomic E-state index is 0.0405. The highest BCUT2D eigenvalue weighted by Crippen LogP contribution is 2.19. The number of carbonyl (C=O) groups is 1. The Kier molecular flexibility index (Phi) is 6.44. The van der Waals surface area contributed by atoms with E-state index in [0.717, 1.165) is 16.9 Å². The third-order valence-electron chi connectivity index (χ3n) is 3.42. The number of hydrogen-bond acceptors (Lipinski definition) is 3. The van der Waals surface area contributed by atoms with Gasteiger partial charge in [0.25, 0.3) is 0 Å². The summed E-state index contributed by atoms with van der Waals surface area (Å²) in [6, 6.07) is 15.2. The number of benzene rings is 2. The van der Waals surface area contributed by atoms with E-state index in [2.05, 4.69) is 5.32 Å². The highest BCUT2D eigenvalue weighted by molar-refractivity contribution is 6.30. The normalized spacial score (nSPS) is 11.8. The third-order valence-corrected chi connectivity index (χ3v) is 3.66. The molecule has 0 heterocycles. The average Bonchev–Trinajstić information content (AvgIpc) is 2.53. The number of rotatable bonds is 7. The molecular formula is C18H21ClN2O2. The molecule has 23 heavy (non-hydrogen) atoms. The predicted molar refractivity (Wildman–Crippen MR) is 92.5 cm³/mol. The zero-order valence-corrected chi connectivity index (χ0v) is 13.8. The molecule has 2 rings (SSSR count). The van der Waals surface area contributed by atoms with E-state index in [0.29, 0.717) is 24.6 Å². The monoisotopic (exact) mass is 332 g/mol. The molecule has 0 spiro atoms. The molecule has 3 N–H and O–H groups in total. The van der Waals surface area contributed by atoms with Crippen molar-refractivity contribution in [3.05, 3.63) is 64.7 Å². The van der Waals surface area contributed by atoms with Gasteiger partial charge in [-0.05, 0) is 42.3 Å². The largest absolute Gasteiger partial charge is 0.489 e. The molecule has 0 saturated heterocycles. The smallest absolute Gasteiger partial charge is 0.221 e. The van der Waals surface area contributed by atoms with Crippen LogP contribution in [0, 0.1) is 0 Å². The summed E-state index contributed by atoms with van der Waals surface area (Å²) in [4.78, 5) is 11.6. The van der Waals surface area contributed by atoms with Crippen molar-refractivity contribution >= 4 is 17.5 Å². The van der Waals surface area contributed by atoms with Gasteiger partial charge in [-0.2, -0.15) is 0 Å². The van der Waals surface area contributed by atoms with Crippen molar-refractivity contribution in [2.45, 2.75) is 26.0 Å². The fourth-order valence-electron chi connectivity index (χ4n) is 2.17. The van der Waals surface area contributed by atoms with Gasteiger partial charge in [-0.25, -0.2) is 0 Å². The van der Waals surface area contributed by atoms with Crippen LogP contribution in [0.1, 0.15) is 30.5 Å². The molecule has 5 heteroatoms. The van der Waals surface area contributed by atoms with Crippen molar-refractivity contribution in [1.82, 2.24) is 5.32 Å². The Morgan fingerprint density at radius 2 is 2.00 bits per heavy atom. The molecular weight excluding hydrogens is 312 g/mol. The van der Waals surface area contributed by atoms with Crippen LogP contribution in [0.25, 0.3) is 0 Å². The topological polar surface area (TPSA) is 64.4 Å². The number of hydrogen-bond donors (Lipinski definition) is 2. The molecule has 1 atom stereocenters. The molecule has 1 amide bonds. The molecule has 2 aromatic rings. The maximum atomic E-state index is 11.6. The molecule has 4 nitrogen and oxygen atoms in total. The van der Waals surface area contributed by atoms with E-state index >= 15 is 0 Å². The average molecular weight is 333 g/mol. The minimum Gasteiger partial charge on any atom is -0.489 e. The highest BCUT2D eigenvalue weighted by Gasteiger charge is 2.09. The highest BCUT2D eigenvalue weighted by atomic mass is 35.5. The fraction of sp³-hybridized carbons (Fsp3) is 0.278. The summed E-state index contributed by atoms with van der Waals surface area (Å²) in [6.45, 7) is 2.76. The Labute approximate surface area is 141 Å². The molecule has 0 aromatic heterocycles.